The minimum absolute atomic E-state index is 0.145. The highest BCUT2D eigenvalue weighted by atomic mass is 16.6. The average molecular weight is 295 g/mol. The van der Waals surface area contributed by atoms with Gasteiger partial charge in [-0.05, 0) is 13.8 Å². The van der Waals surface area contributed by atoms with E-state index < -0.39 is 11.9 Å². The van der Waals surface area contributed by atoms with E-state index in [2.05, 4.69) is 15.3 Å². The molecule has 0 spiro atoms. The van der Waals surface area contributed by atoms with Crippen molar-refractivity contribution in [3.63, 3.8) is 0 Å². The number of rotatable bonds is 7. The van der Waals surface area contributed by atoms with Crippen LogP contribution in [-0.2, 0) is 19.1 Å². The second-order valence-corrected chi connectivity index (χ2v) is 3.58. The van der Waals surface area contributed by atoms with Crippen molar-refractivity contribution in [2.45, 2.75) is 13.8 Å². The normalized spacial score (nSPS) is 9.48. The first-order valence-corrected chi connectivity index (χ1v) is 6.28. The van der Waals surface area contributed by atoms with E-state index in [1.165, 1.54) is 25.8 Å². The Morgan fingerprint density at radius 2 is 1.86 bits per heavy atom. The Kier molecular flexibility index (Phi) is 6.66. The molecule has 0 aliphatic heterocycles. The summed E-state index contributed by atoms with van der Waals surface area (Å²) >= 11 is 0. The second kappa shape index (κ2) is 8.51. The van der Waals surface area contributed by atoms with Gasteiger partial charge in [0.2, 0.25) is 0 Å². The third kappa shape index (κ3) is 4.75. The maximum absolute atomic E-state index is 11.7. The van der Waals surface area contributed by atoms with Gasteiger partial charge < -0.3 is 19.5 Å². The second-order valence-electron chi connectivity index (χ2n) is 3.58. The van der Waals surface area contributed by atoms with Crippen molar-refractivity contribution in [1.82, 2.24) is 9.97 Å². The van der Waals surface area contributed by atoms with Gasteiger partial charge in [-0.25, -0.2) is 19.6 Å². The fourth-order valence-corrected chi connectivity index (χ4v) is 1.33. The number of carbonyl (C=O) groups excluding carboxylic acids is 2. The van der Waals surface area contributed by atoms with Gasteiger partial charge in [-0.2, -0.15) is 0 Å². The zero-order valence-corrected chi connectivity index (χ0v) is 12.1. The van der Waals surface area contributed by atoms with Crippen LogP contribution in [0.15, 0.2) is 24.3 Å². The molecule has 1 aromatic heterocycles. The zero-order chi connectivity index (χ0) is 15.7. The predicted octanol–water partition coefficient (Wildman–Crippen LogP) is 0.907. The smallest absolute Gasteiger partial charge is 0.347 e. The van der Waals surface area contributed by atoms with Gasteiger partial charge in [0.15, 0.2) is 17.1 Å². The summed E-state index contributed by atoms with van der Waals surface area (Å²) in [5, 5.41) is 2.70. The van der Waals surface area contributed by atoms with Gasteiger partial charge in [0, 0.05) is 6.20 Å². The molecule has 8 heteroatoms. The molecule has 0 aliphatic carbocycles. The quantitative estimate of drug-likeness (QED) is 0.343. The fraction of sp³-hybridized carbons (Fsp3) is 0.385. The first kappa shape index (κ1) is 16.4. The molecule has 0 saturated heterocycles. The van der Waals surface area contributed by atoms with E-state index in [0.29, 0.717) is 11.6 Å². The summed E-state index contributed by atoms with van der Waals surface area (Å²) in [6.45, 7) is 3.57. The minimum Gasteiger partial charge on any atom is -0.491 e. The monoisotopic (exact) mass is 295 g/mol. The number of aromatic nitrogens is 2. The summed E-state index contributed by atoms with van der Waals surface area (Å²) in [6.07, 6.45) is 3.91. The van der Waals surface area contributed by atoms with Gasteiger partial charge in [0.25, 0.3) is 0 Å². The van der Waals surface area contributed by atoms with E-state index in [0.717, 1.165) is 0 Å². The number of nitrogens with one attached hydrogen (secondary N) is 1. The number of carbonyl (C=O) groups is 2. The van der Waals surface area contributed by atoms with Crippen LogP contribution < -0.4 is 10.1 Å². The van der Waals surface area contributed by atoms with Crippen LogP contribution in [0, 0.1) is 0 Å². The van der Waals surface area contributed by atoms with E-state index in [1.54, 1.807) is 13.8 Å². The van der Waals surface area contributed by atoms with Crippen molar-refractivity contribution in [3.05, 3.63) is 24.3 Å². The molecular weight excluding hydrogens is 278 g/mol. The maximum Gasteiger partial charge on any atom is 0.347 e. The lowest BCUT2D eigenvalue weighted by Crippen LogP contribution is -2.19. The summed E-state index contributed by atoms with van der Waals surface area (Å²) < 4.78 is 14.7. The number of hydrogen-bond donors (Lipinski definition) is 1. The predicted molar refractivity (Wildman–Crippen MR) is 73.6 cm³/mol. The first-order valence-electron chi connectivity index (χ1n) is 6.28. The first-order chi connectivity index (χ1) is 10.1. The number of esters is 2. The minimum atomic E-state index is -0.781. The molecule has 1 N–H and O–H groups in total. The fourth-order valence-electron chi connectivity index (χ4n) is 1.33. The van der Waals surface area contributed by atoms with Gasteiger partial charge in [-0.15, -0.1) is 0 Å². The molecule has 114 valence electrons. The highest BCUT2D eigenvalue weighted by Crippen LogP contribution is 2.19. The van der Waals surface area contributed by atoms with Crippen molar-refractivity contribution in [2.24, 2.45) is 0 Å². The average Bonchev–Trinajstić information content (AvgIpc) is 2.48. The molecular formula is C13H17N3O5. The lowest BCUT2D eigenvalue weighted by molar-refractivity contribution is -0.146. The maximum atomic E-state index is 11.7. The highest BCUT2D eigenvalue weighted by molar-refractivity contribution is 6.14. The van der Waals surface area contributed by atoms with Gasteiger partial charge in [-0.3, -0.25) is 0 Å². The van der Waals surface area contributed by atoms with Crippen LogP contribution in [-0.4, -0.2) is 42.2 Å². The van der Waals surface area contributed by atoms with Gasteiger partial charge in [0.1, 0.15) is 6.33 Å². The lowest BCUT2D eigenvalue weighted by atomic mass is 10.3. The van der Waals surface area contributed by atoms with E-state index in [-0.39, 0.29) is 18.8 Å². The van der Waals surface area contributed by atoms with Gasteiger partial charge >= 0.3 is 11.9 Å². The van der Waals surface area contributed by atoms with Crippen LogP contribution in [0.4, 0.5) is 5.82 Å². The van der Waals surface area contributed by atoms with Gasteiger partial charge in [-0.1, -0.05) is 0 Å². The number of hydrogen-bond acceptors (Lipinski definition) is 8. The largest absolute Gasteiger partial charge is 0.491 e. The van der Waals surface area contributed by atoms with Crippen molar-refractivity contribution in [2.75, 3.05) is 25.6 Å². The number of nitrogens with zero attached hydrogens (tertiary/aromatic N) is 2. The zero-order valence-electron chi connectivity index (χ0n) is 12.1. The number of methoxy groups -OCH3 is 1. The molecule has 0 amide bonds. The summed E-state index contributed by atoms with van der Waals surface area (Å²) in [5.74, 6) is -0.896. The van der Waals surface area contributed by atoms with Crippen LogP contribution in [0.3, 0.4) is 0 Å². The molecule has 0 aromatic carbocycles. The SMILES string of the molecule is CCOC(=O)C(=CNc1ncncc1OC)C(=O)OCC. The van der Waals surface area contributed by atoms with Crippen LogP contribution in [0.1, 0.15) is 13.8 Å². The van der Waals surface area contributed by atoms with Crippen molar-refractivity contribution in [3.8, 4) is 5.75 Å². The Hall–Kier alpha value is -2.64. The molecule has 0 fully saturated rings. The Balaban J connectivity index is 2.97. The summed E-state index contributed by atoms with van der Waals surface area (Å²) in [7, 11) is 1.45. The topological polar surface area (TPSA) is 99.6 Å². The Labute approximate surface area is 122 Å². The van der Waals surface area contributed by atoms with E-state index in [9.17, 15) is 9.59 Å². The Morgan fingerprint density at radius 3 is 2.38 bits per heavy atom. The van der Waals surface area contributed by atoms with Crippen molar-refractivity contribution in [1.29, 1.82) is 0 Å². The molecule has 1 rings (SSSR count). The van der Waals surface area contributed by atoms with Crippen LogP contribution >= 0.6 is 0 Å². The van der Waals surface area contributed by atoms with Crippen molar-refractivity contribution >= 4 is 17.8 Å². The molecule has 0 bridgehead atoms. The highest BCUT2D eigenvalue weighted by Gasteiger charge is 2.21. The third-order valence-corrected chi connectivity index (χ3v) is 2.24. The Morgan fingerprint density at radius 1 is 1.24 bits per heavy atom. The van der Waals surface area contributed by atoms with Gasteiger partial charge in [0.05, 0.1) is 26.5 Å². The van der Waals surface area contributed by atoms with Crippen LogP contribution in [0.5, 0.6) is 5.75 Å². The van der Waals surface area contributed by atoms with Crippen molar-refractivity contribution < 1.29 is 23.8 Å². The summed E-state index contributed by atoms with van der Waals surface area (Å²) in [5.41, 5.74) is -0.264. The molecule has 0 saturated carbocycles. The lowest BCUT2D eigenvalue weighted by Gasteiger charge is -2.08. The molecule has 0 unspecified atom stereocenters. The van der Waals surface area contributed by atoms with E-state index >= 15 is 0 Å². The van der Waals surface area contributed by atoms with Crippen LogP contribution in [0.2, 0.25) is 0 Å². The molecule has 21 heavy (non-hydrogen) atoms. The molecule has 0 radical (unpaired) electrons. The number of anilines is 1. The number of ether oxygens (including phenoxy) is 3. The summed E-state index contributed by atoms with van der Waals surface area (Å²) in [4.78, 5) is 31.2. The summed E-state index contributed by atoms with van der Waals surface area (Å²) in [6, 6.07) is 0. The Bertz CT molecular complexity index is 510. The van der Waals surface area contributed by atoms with E-state index in [1.807, 2.05) is 0 Å². The van der Waals surface area contributed by atoms with Crippen LogP contribution in [0.25, 0.3) is 0 Å². The standard InChI is InChI=1S/C13H17N3O5/c1-4-20-12(17)9(13(18)21-5-2)6-15-11-10(19-3)7-14-8-16-11/h6-8H,4-5H2,1-3H3,(H,14,15,16). The third-order valence-electron chi connectivity index (χ3n) is 2.24. The molecule has 8 nitrogen and oxygen atoms in total. The molecule has 0 atom stereocenters. The molecule has 1 aromatic rings. The molecule has 1 heterocycles. The van der Waals surface area contributed by atoms with E-state index in [4.69, 9.17) is 14.2 Å². The molecule has 0 aliphatic rings.